The predicted molar refractivity (Wildman–Crippen MR) is 84.6 cm³/mol. The number of nitrogens with zero attached hydrogens (tertiary/aromatic N) is 3. The molecular formula is C16H22N4O. The molecule has 0 unspecified atom stereocenters. The Balaban J connectivity index is 2.35. The SMILES string of the molecule is CCCOc1nc(NC)nc(-c2cccc(CCC)c2)n1. The van der Waals surface area contributed by atoms with Crippen molar-refractivity contribution in [3.8, 4) is 17.4 Å². The highest BCUT2D eigenvalue weighted by Gasteiger charge is 2.09. The number of aromatic nitrogens is 3. The molecule has 1 heterocycles. The molecule has 0 aliphatic carbocycles. The average molecular weight is 286 g/mol. The van der Waals surface area contributed by atoms with Gasteiger partial charge in [-0.1, -0.05) is 38.5 Å². The molecule has 0 aliphatic heterocycles. The lowest BCUT2D eigenvalue weighted by atomic mass is 10.1. The van der Waals surface area contributed by atoms with Gasteiger partial charge in [0, 0.05) is 12.6 Å². The van der Waals surface area contributed by atoms with Crippen LogP contribution in [-0.2, 0) is 6.42 Å². The van der Waals surface area contributed by atoms with Gasteiger partial charge >= 0.3 is 6.01 Å². The highest BCUT2D eigenvalue weighted by Crippen LogP contribution is 2.20. The summed E-state index contributed by atoms with van der Waals surface area (Å²) in [7, 11) is 1.79. The Labute approximate surface area is 125 Å². The van der Waals surface area contributed by atoms with Gasteiger partial charge in [-0.25, -0.2) is 0 Å². The van der Waals surface area contributed by atoms with E-state index in [4.69, 9.17) is 4.74 Å². The van der Waals surface area contributed by atoms with Crippen LogP contribution < -0.4 is 10.1 Å². The van der Waals surface area contributed by atoms with E-state index in [0.717, 1.165) is 24.8 Å². The first-order valence-corrected chi connectivity index (χ1v) is 7.42. The van der Waals surface area contributed by atoms with Crippen LogP contribution in [0.1, 0.15) is 32.3 Å². The molecule has 0 aliphatic rings. The molecular weight excluding hydrogens is 264 g/mol. The first-order chi connectivity index (χ1) is 10.3. The second-order valence-electron chi connectivity index (χ2n) is 4.81. The van der Waals surface area contributed by atoms with Crippen LogP contribution >= 0.6 is 0 Å². The van der Waals surface area contributed by atoms with Crippen molar-refractivity contribution in [3.05, 3.63) is 29.8 Å². The van der Waals surface area contributed by atoms with E-state index >= 15 is 0 Å². The van der Waals surface area contributed by atoms with Crippen LogP contribution in [-0.4, -0.2) is 28.6 Å². The van der Waals surface area contributed by atoms with Crippen molar-refractivity contribution in [2.24, 2.45) is 0 Å². The van der Waals surface area contributed by atoms with Gasteiger partial charge in [-0.2, -0.15) is 15.0 Å². The average Bonchev–Trinajstić information content (AvgIpc) is 2.53. The van der Waals surface area contributed by atoms with E-state index in [2.05, 4.69) is 46.2 Å². The number of rotatable bonds is 7. The van der Waals surface area contributed by atoms with Gasteiger partial charge in [0.05, 0.1) is 6.61 Å². The molecule has 5 heteroatoms. The number of benzene rings is 1. The summed E-state index contributed by atoms with van der Waals surface area (Å²) in [5.74, 6) is 1.16. The maximum Gasteiger partial charge on any atom is 0.321 e. The second kappa shape index (κ2) is 7.57. The Hall–Kier alpha value is -2.17. The van der Waals surface area contributed by atoms with Crippen LogP contribution in [0.3, 0.4) is 0 Å². The van der Waals surface area contributed by atoms with Crippen molar-refractivity contribution in [1.82, 2.24) is 15.0 Å². The molecule has 2 rings (SSSR count). The van der Waals surface area contributed by atoms with Crippen molar-refractivity contribution in [2.45, 2.75) is 33.1 Å². The van der Waals surface area contributed by atoms with E-state index in [1.54, 1.807) is 7.05 Å². The Kier molecular flexibility index (Phi) is 5.49. The van der Waals surface area contributed by atoms with Crippen molar-refractivity contribution >= 4 is 5.95 Å². The van der Waals surface area contributed by atoms with E-state index in [1.807, 2.05) is 12.1 Å². The molecule has 21 heavy (non-hydrogen) atoms. The summed E-state index contributed by atoms with van der Waals surface area (Å²) in [4.78, 5) is 13.0. The first kappa shape index (κ1) is 15.2. The molecule has 5 nitrogen and oxygen atoms in total. The summed E-state index contributed by atoms with van der Waals surface area (Å²) in [5.41, 5.74) is 2.28. The predicted octanol–water partition coefficient (Wildman–Crippen LogP) is 3.32. The Morgan fingerprint density at radius 3 is 2.67 bits per heavy atom. The number of aryl methyl sites for hydroxylation is 1. The third-order valence-corrected chi connectivity index (χ3v) is 3.00. The topological polar surface area (TPSA) is 59.9 Å². The smallest absolute Gasteiger partial charge is 0.321 e. The van der Waals surface area contributed by atoms with E-state index in [9.17, 15) is 0 Å². The zero-order valence-electron chi connectivity index (χ0n) is 12.9. The minimum atomic E-state index is 0.368. The number of hydrogen-bond acceptors (Lipinski definition) is 5. The van der Waals surface area contributed by atoms with Crippen molar-refractivity contribution in [3.63, 3.8) is 0 Å². The zero-order valence-corrected chi connectivity index (χ0v) is 12.9. The van der Waals surface area contributed by atoms with E-state index < -0.39 is 0 Å². The normalized spacial score (nSPS) is 10.4. The fourth-order valence-electron chi connectivity index (χ4n) is 2.01. The molecule has 1 aromatic carbocycles. The summed E-state index contributed by atoms with van der Waals surface area (Å²) in [6.07, 6.45) is 3.09. The molecule has 0 fully saturated rings. The van der Waals surface area contributed by atoms with E-state index in [0.29, 0.717) is 24.4 Å². The van der Waals surface area contributed by atoms with Gasteiger partial charge < -0.3 is 10.1 Å². The molecule has 0 amide bonds. The summed E-state index contributed by atoms with van der Waals surface area (Å²) in [5, 5.41) is 2.95. The van der Waals surface area contributed by atoms with Crippen molar-refractivity contribution in [1.29, 1.82) is 0 Å². The fourth-order valence-corrected chi connectivity index (χ4v) is 2.01. The summed E-state index contributed by atoms with van der Waals surface area (Å²) in [6, 6.07) is 8.67. The summed E-state index contributed by atoms with van der Waals surface area (Å²) in [6.45, 7) is 4.82. The van der Waals surface area contributed by atoms with Gasteiger partial charge in [0.2, 0.25) is 5.95 Å². The van der Waals surface area contributed by atoms with E-state index in [-0.39, 0.29) is 0 Å². The monoisotopic (exact) mass is 286 g/mol. The van der Waals surface area contributed by atoms with E-state index in [1.165, 1.54) is 5.56 Å². The van der Waals surface area contributed by atoms with Crippen LogP contribution in [0.5, 0.6) is 6.01 Å². The van der Waals surface area contributed by atoms with Crippen molar-refractivity contribution in [2.75, 3.05) is 19.0 Å². The maximum absolute atomic E-state index is 5.54. The molecule has 0 atom stereocenters. The molecule has 1 aromatic heterocycles. The molecule has 1 N–H and O–H groups in total. The molecule has 0 radical (unpaired) electrons. The number of ether oxygens (including phenoxy) is 1. The van der Waals surface area contributed by atoms with Crippen LogP contribution in [0.15, 0.2) is 24.3 Å². The lowest BCUT2D eigenvalue weighted by Gasteiger charge is -2.08. The first-order valence-electron chi connectivity index (χ1n) is 7.42. The van der Waals surface area contributed by atoms with Crippen LogP contribution in [0, 0.1) is 0 Å². The maximum atomic E-state index is 5.54. The third-order valence-electron chi connectivity index (χ3n) is 3.00. The fraction of sp³-hybridized carbons (Fsp3) is 0.438. The van der Waals surface area contributed by atoms with Gasteiger partial charge in [-0.3, -0.25) is 0 Å². The van der Waals surface area contributed by atoms with Gasteiger partial charge in [0.25, 0.3) is 0 Å². The Morgan fingerprint density at radius 2 is 1.95 bits per heavy atom. The van der Waals surface area contributed by atoms with Crippen LogP contribution in [0.2, 0.25) is 0 Å². The largest absolute Gasteiger partial charge is 0.463 e. The third kappa shape index (κ3) is 4.15. The number of nitrogens with one attached hydrogen (secondary N) is 1. The standard InChI is InChI=1S/C16H22N4O/c1-4-7-12-8-6-9-13(11-12)14-18-15(17-3)20-16(19-14)21-10-5-2/h6,8-9,11H,4-5,7,10H2,1-3H3,(H,17,18,19,20). The van der Waals surface area contributed by atoms with Gasteiger partial charge in [-0.05, 0) is 24.5 Å². The Bertz CT molecular complexity index is 586. The quantitative estimate of drug-likeness (QED) is 0.846. The zero-order chi connectivity index (χ0) is 15.1. The minimum absolute atomic E-state index is 0.368. The van der Waals surface area contributed by atoms with Gasteiger partial charge in [0.15, 0.2) is 5.82 Å². The van der Waals surface area contributed by atoms with Gasteiger partial charge in [-0.15, -0.1) is 0 Å². The molecule has 2 aromatic rings. The molecule has 0 saturated carbocycles. The highest BCUT2D eigenvalue weighted by atomic mass is 16.5. The van der Waals surface area contributed by atoms with Crippen LogP contribution in [0.4, 0.5) is 5.95 Å². The second-order valence-corrected chi connectivity index (χ2v) is 4.81. The minimum Gasteiger partial charge on any atom is -0.463 e. The molecule has 0 bridgehead atoms. The summed E-state index contributed by atoms with van der Waals surface area (Å²) < 4.78 is 5.54. The Morgan fingerprint density at radius 1 is 1.10 bits per heavy atom. The number of anilines is 1. The highest BCUT2D eigenvalue weighted by molar-refractivity contribution is 5.57. The summed E-state index contributed by atoms with van der Waals surface area (Å²) >= 11 is 0. The molecule has 112 valence electrons. The molecule has 0 spiro atoms. The number of hydrogen-bond donors (Lipinski definition) is 1. The van der Waals surface area contributed by atoms with Crippen LogP contribution in [0.25, 0.3) is 11.4 Å². The molecule has 0 saturated heterocycles. The lowest BCUT2D eigenvalue weighted by molar-refractivity contribution is 0.292. The lowest BCUT2D eigenvalue weighted by Crippen LogP contribution is -2.06. The van der Waals surface area contributed by atoms with Gasteiger partial charge in [0.1, 0.15) is 0 Å². The van der Waals surface area contributed by atoms with Crippen molar-refractivity contribution < 1.29 is 4.74 Å².